The van der Waals surface area contributed by atoms with Crippen LogP contribution in [0.2, 0.25) is 0 Å². The molecule has 1 saturated heterocycles. The first-order chi connectivity index (χ1) is 11.5. The molecule has 1 aliphatic heterocycles. The highest BCUT2D eigenvalue weighted by molar-refractivity contribution is 7.91. The molecule has 0 aliphatic carbocycles. The Bertz CT molecular complexity index is 785. The average molecular weight is 348 g/mol. The Kier molecular flexibility index (Phi) is 4.84. The van der Waals surface area contributed by atoms with E-state index >= 15 is 0 Å². The summed E-state index contributed by atoms with van der Waals surface area (Å²) in [6.45, 7) is 1.10. The maximum absolute atomic E-state index is 11.8. The summed E-state index contributed by atoms with van der Waals surface area (Å²) in [6, 6.07) is 9.18. The first-order valence-electron chi connectivity index (χ1n) is 7.80. The van der Waals surface area contributed by atoms with Gasteiger partial charge >= 0.3 is 6.03 Å². The molecule has 2 N–H and O–H groups in total. The fraction of sp³-hybridized carbons (Fsp3) is 0.375. The van der Waals surface area contributed by atoms with Crippen LogP contribution >= 0.6 is 0 Å². The zero-order valence-corrected chi connectivity index (χ0v) is 14.0. The topological polar surface area (TPSA) is 93.1 Å². The Hall–Kier alpha value is -2.35. The lowest BCUT2D eigenvalue weighted by molar-refractivity contribution is 0.237. The van der Waals surface area contributed by atoms with Gasteiger partial charge in [-0.05, 0) is 23.6 Å². The molecule has 1 atom stereocenters. The quantitative estimate of drug-likeness (QED) is 0.840. The zero-order chi connectivity index (χ0) is 17.0. The van der Waals surface area contributed by atoms with Crippen molar-refractivity contribution in [3.8, 4) is 0 Å². The van der Waals surface area contributed by atoms with E-state index in [0.29, 0.717) is 19.5 Å². The summed E-state index contributed by atoms with van der Waals surface area (Å²) in [5.74, 6) is 0.179. The van der Waals surface area contributed by atoms with E-state index in [1.807, 2.05) is 41.2 Å². The van der Waals surface area contributed by atoms with E-state index in [9.17, 15) is 13.2 Å². The van der Waals surface area contributed by atoms with E-state index in [1.54, 1.807) is 6.20 Å². The van der Waals surface area contributed by atoms with Crippen LogP contribution in [0.1, 0.15) is 17.5 Å². The van der Waals surface area contributed by atoms with Gasteiger partial charge in [0.15, 0.2) is 9.84 Å². The van der Waals surface area contributed by atoms with E-state index in [2.05, 4.69) is 15.7 Å². The van der Waals surface area contributed by atoms with E-state index in [0.717, 1.165) is 11.1 Å². The number of nitrogens with zero attached hydrogens (tertiary/aromatic N) is 2. The Morgan fingerprint density at radius 1 is 1.25 bits per heavy atom. The van der Waals surface area contributed by atoms with Gasteiger partial charge in [0.2, 0.25) is 0 Å². The van der Waals surface area contributed by atoms with Crippen molar-refractivity contribution in [3.63, 3.8) is 0 Å². The number of carbonyl (C=O) groups excluding carboxylic acids is 1. The second-order valence-electron chi connectivity index (χ2n) is 5.95. The van der Waals surface area contributed by atoms with Crippen molar-refractivity contribution in [1.29, 1.82) is 0 Å². The molecule has 128 valence electrons. The summed E-state index contributed by atoms with van der Waals surface area (Å²) >= 11 is 0. The normalized spacial score (nSPS) is 19.1. The molecule has 2 amide bonds. The SMILES string of the molecule is O=C(NCc1ccc(Cn2cccn2)cc1)N[C@H]1CCS(=O)(=O)C1. The van der Waals surface area contributed by atoms with Crippen LogP contribution in [0.3, 0.4) is 0 Å². The molecule has 24 heavy (non-hydrogen) atoms. The Morgan fingerprint density at radius 2 is 2.00 bits per heavy atom. The van der Waals surface area contributed by atoms with Gasteiger partial charge in [0.05, 0.1) is 18.1 Å². The highest BCUT2D eigenvalue weighted by Crippen LogP contribution is 2.11. The standard InChI is InChI=1S/C16H20N4O3S/c21-16(19-15-6-9-24(22,23)12-15)17-10-13-2-4-14(5-3-13)11-20-8-1-7-18-20/h1-5,7-8,15H,6,9-12H2,(H2,17,19,21)/t15-/m0/s1. The minimum Gasteiger partial charge on any atom is -0.334 e. The van der Waals surface area contributed by atoms with E-state index in [-0.39, 0.29) is 23.6 Å². The van der Waals surface area contributed by atoms with Gasteiger partial charge in [0.1, 0.15) is 0 Å². The maximum Gasteiger partial charge on any atom is 0.315 e. The van der Waals surface area contributed by atoms with Crippen molar-refractivity contribution in [1.82, 2.24) is 20.4 Å². The summed E-state index contributed by atoms with van der Waals surface area (Å²) in [7, 11) is -2.98. The summed E-state index contributed by atoms with van der Waals surface area (Å²) in [5, 5.41) is 9.62. The molecule has 3 rings (SSSR count). The van der Waals surface area contributed by atoms with Gasteiger partial charge in [-0.2, -0.15) is 5.10 Å². The molecule has 2 aromatic rings. The zero-order valence-electron chi connectivity index (χ0n) is 13.2. The predicted molar refractivity (Wildman–Crippen MR) is 90.2 cm³/mol. The molecular formula is C16H20N4O3S. The molecule has 0 radical (unpaired) electrons. The predicted octanol–water partition coefficient (Wildman–Crippen LogP) is 0.918. The molecule has 1 aromatic carbocycles. The number of hydrogen-bond acceptors (Lipinski definition) is 4. The molecule has 7 nitrogen and oxygen atoms in total. The lowest BCUT2D eigenvalue weighted by Gasteiger charge is -2.12. The fourth-order valence-corrected chi connectivity index (χ4v) is 4.34. The van der Waals surface area contributed by atoms with Crippen LogP contribution in [-0.2, 0) is 22.9 Å². The fourth-order valence-electron chi connectivity index (χ4n) is 2.67. The van der Waals surface area contributed by atoms with E-state index < -0.39 is 9.84 Å². The number of aromatic nitrogens is 2. The van der Waals surface area contributed by atoms with Gasteiger partial charge in [-0.1, -0.05) is 24.3 Å². The second kappa shape index (κ2) is 7.04. The average Bonchev–Trinajstić information content (AvgIpc) is 3.16. The van der Waals surface area contributed by atoms with E-state index in [1.165, 1.54) is 0 Å². The van der Waals surface area contributed by atoms with Crippen LogP contribution in [0.15, 0.2) is 42.7 Å². The highest BCUT2D eigenvalue weighted by Gasteiger charge is 2.28. The monoisotopic (exact) mass is 348 g/mol. The Morgan fingerprint density at radius 3 is 2.62 bits per heavy atom. The number of rotatable bonds is 5. The largest absolute Gasteiger partial charge is 0.334 e. The van der Waals surface area contributed by atoms with Crippen molar-refractivity contribution in [2.75, 3.05) is 11.5 Å². The highest BCUT2D eigenvalue weighted by atomic mass is 32.2. The van der Waals surface area contributed by atoms with Gasteiger partial charge in [-0.15, -0.1) is 0 Å². The van der Waals surface area contributed by atoms with Gasteiger partial charge < -0.3 is 10.6 Å². The molecule has 0 saturated carbocycles. The summed E-state index contributed by atoms with van der Waals surface area (Å²) in [6.07, 6.45) is 4.13. The first-order valence-corrected chi connectivity index (χ1v) is 9.62. The lowest BCUT2D eigenvalue weighted by Crippen LogP contribution is -2.42. The lowest BCUT2D eigenvalue weighted by atomic mass is 10.1. The van der Waals surface area contributed by atoms with Crippen LogP contribution in [0, 0.1) is 0 Å². The molecule has 0 bridgehead atoms. The third-order valence-corrected chi connectivity index (χ3v) is 5.72. The third kappa shape index (κ3) is 4.58. The smallest absolute Gasteiger partial charge is 0.315 e. The van der Waals surface area contributed by atoms with Crippen molar-refractivity contribution < 1.29 is 13.2 Å². The summed E-state index contributed by atoms with van der Waals surface area (Å²) < 4.78 is 24.6. The molecule has 8 heteroatoms. The van der Waals surface area contributed by atoms with Crippen LogP contribution in [-0.4, -0.2) is 41.8 Å². The van der Waals surface area contributed by atoms with Crippen LogP contribution < -0.4 is 10.6 Å². The number of sulfone groups is 1. The van der Waals surface area contributed by atoms with E-state index in [4.69, 9.17) is 0 Å². The third-order valence-electron chi connectivity index (χ3n) is 3.95. The first kappa shape index (κ1) is 16.5. The van der Waals surface area contributed by atoms with Crippen LogP contribution in [0.25, 0.3) is 0 Å². The van der Waals surface area contributed by atoms with Crippen molar-refractivity contribution in [2.24, 2.45) is 0 Å². The van der Waals surface area contributed by atoms with Crippen molar-refractivity contribution >= 4 is 15.9 Å². The number of amides is 2. The Balaban J connectivity index is 1.45. The number of benzene rings is 1. The molecule has 1 aliphatic rings. The van der Waals surface area contributed by atoms with Crippen molar-refractivity contribution in [3.05, 3.63) is 53.9 Å². The minimum atomic E-state index is -2.98. The van der Waals surface area contributed by atoms with Crippen LogP contribution in [0.5, 0.6) is 0 Å². The van der Waals surface area contributed by atoms with Crippen molar-refractivity contribution in [2.45, 2.75) is 25.6 Å². The number of urea groups is 1. The molecule has 0 unspecified atom stereocenters. The van der Waals surface area contributed by atoms with Gasteiger partial charge in [0, 0.05) is 25.0 Å². The van der Waals surface area contributed by atoms with Gasteiger partial charge in [-0.3, -0.25) is 4.68 Å². The molecular weight excluding hydrogens is 328 g/mol. The molecule has 1 aromatic heterocycles. The molecule has 0 spiro atoms. The number of carbonyl (C=O) groups is 1. The summed E-state index contributed by atoms with van der Waals surface area (Å²) in [5.41, 5.74) is 2.11. The summed E-state index contributed by atoms with van der Waals surface area (Å²) in [4.78, 5) is 11.8. The minimum absolute atomic E-state index is 0.0303. The molecule has 2 heterocycles. The number of nitrogens with one attached hydrogen (secondary N) is 2. The maximum atomic E-state index is 11.8. The van der Waals surface area contributed by atoms with Gasteiger partial charge in [0.25, 0.3) is 0 Å². The van der Waals surface area contributed by atoms with Crippen LogP contribution in [0.4, 0.5) is 4.79 Å². The second-order valence-corrected chi connectivity index (χ2v) is 8.18. The molecule has 1 fully saturated rings. The van der Waals surface area contributed by atoms with Gasteiger partial charge in [-0.25, -0.2) is 13.2 Å². The number of hydrogen-bond donors (Lipinski definition) is 2. The Labute approximate surface area is 141 Å².